The van der Waals surface area contributed by atoms with Crippen molar-refractivity contribution in [2.75, 3.05) is 18.9 Å². The first-order valence-electron chi connectivity index (χ1n) is 8.09. The van der Waals surface area contributed by atoms with E-state index in [4.69, 9.17) is 14.2 Å². The molecule has 7 heteroatoms. The Bertz CT molecular complexity index is 1020. The Morgan fingerprint density at radius 2 is 1.48 bits per heavy atom. The highest BCUT2D eigenvalue weighted by Crippen LogP contribution is 2.31. The third kappa shape index (κ3) is 4.51. The van der Waals surface area contributed by atoms with E-state index in [2.05, 4.69) is 4.72 Å². The van der Waals surface area contributed by atoms with Gasteiger partial charge in [-0.2, -0.15) is 0 Å². The van der Waals surface area contributed by atoms with Crippen molar-refractivity contribution in [1.29, 1.82) is 0 Å². The second-order valence-corrected chi connectivity index (χ2v) is 7.22. The minimum Gasteiger partial charge on any atom is -0.497 e. The Labute approximate surface area is 158 Å². The number of methoxy groups -OCH3 is 2. The molecule has 3 aromatic rings. The zero-order valence-electron chi connectivity index (χ0n) is 14.9. The van der Waals surface area contributed by atoms with Crippen LogP contribution in [0.2, 0.25) is 0 Å². The van der Waals surface area contributed by atoms with Crippen LogP contribution in [0.15, 0.2) is 77.7 Å². The molecule has 6 nitrogen and oxygen atoms in total. The van der Waals surface area contributed by atoms with Crippen LogP contribution in [0.3, 0.4) is 0 Å². The molecule has 3 rings (SSSR count). The maximum atomic E-state index is 12.8. The van der Waals surface area contributed by atoms with Crippen molar-refractivity contribution in [1.82, 2.24) is 0 Å². The van der Waals surface area contributed by atoms with E-state index < -0.39 is 10.0 Å². The van der Waals surface area contributed by atoms with Crippen LogP contribution >= 0.6 is 0 Å². The number of hydrogen-bond donors (Lipinski definition) is 1. The lowest BCUT2D eigenvalue weighted by Gasteiger charge is -2.13. The second kappa shape index (κ2) is 8.01. The summed E-state index contributed by atoms with van der Waals surface area (Å²) in [6.07, 6.45) is 0. The quantitative estimate of drug-likeness (QED) is 0.656. The van der Waals surface area contributed by atoms with Crippen molar-refractivity contribution in [3.8, 4) is 23.0 Å². The maximum Gasteiger partial charge on any atom is 0.265 e. The predicted molar refractivity (Wildman–Crippen MR) is 103 cm³/mol. The fourth-order valence-electron chi connectivity index (χ4n) is 2.45. The fourth-order valence-corrected chi connectivity index (χ4v) is 3.69. The molecule has 0 aliphatic carbocycles. The maximum absolute atomic E-state index is 12.8. The SMILES string of the molecule is COc1ccc(OC)c(S(=O)(=O)Nc2cccc(Oc3ccccc3)c2)c1. The van der Waals surface area contributed by atoms with Gasteiger partial charge in [-0.1, -0.05) is 24.3 Å². The highest BCUT2D eigenvalue weighted by Gasteiger charge is 2.21. The lowest BCUT2D eigenvalue weighted by atomic mass is 10.3. The normalized spacial score (nSPS) is 10.9. The van der Waals surface area contributed by atoms with E-state index >= 15 is 0 Å². The van der Waals surface area contributed by atoms with Crippen molar-refractivity contribution in [2.45, 2.75) is 4.90 Å². The highest BCUT2D eigenvalue weighted by molar-refractivity contribution is 7.92. The molecule has 0 fully saturated rings. The van der Waals surface area contributed by atoms with Crippen LogP contribution in [-0.4, -0.2) is 22.6 Å². The molecule has 0 aliphatic heterocycles. The zero-order valence-corrected chi connectivity index (χ0v) is 15.7. The minimum absolute atomic E-state index is 0.0151. The molecule has 0 unspecified atom stereocenters. The average Bonchev–Trinajstić information content (AvgIpc) is 2.68. The fraction of sp³-hybridized carbons (Fsp3) is 0.100. The Balaban J connectivity index is 1.87. The van der Waals surface area contributed by atoms with Crippen molar-refractivity contribution in [3.63, 3.8) is 0 Å². The standard InChI is InChI=1S/C20H19NO5S/c1-24-17-11-12-19(25-2)20(14-17)27(22,23)21-15-7-6-10-18(13-15)26-16-8-4-3-5-9-16/h3-14,21H,1-2H3. The first-order chi connectivity index (χ1) is 13.0. The molecule has 3 aromatic carbocycles. The third-order valence-electron chi connectivity index (χ3n) is 3.73. The number of benzene rings is 3. The van der Waals surface area contributed by atoms with Gasteiger partial charge in [-0.05, 0) is 36.4 Å². The number of nitrogens with one attached hydrogen (secondary N) is 1. The third-order valence-corrected chi connectivity index (χ3v) is 5.13. The van der Waals surface area contributed by atoms with Gasteiger partial charge in [0.15, 0.2) is 0 Å². The van der Waals surface area contributed by atoms with E-state index in [1.54, 1.807) is 36.4 Å². The van der Waals surface area contributed by atoms with E-state index in [0.717, 1.165) is 0 Å². The van der Waals surface area contributed by atoms with Crippen molar-refractivity contribution in [3.05, 3.63) is 72.8 Å². The highest BCUT2D eigenvalue weighted by atomic mass is 32.2. The molecule has 27 heavy (non-hydrogen) atoms. The molecule has 140 valence electrons. The van der Waals surface area contributed by atoms with E-state index in [-0.39, 0.29) is 10.6 Å². The summed E-state index contributed by atoms with van der Waals surface area (Å²) in [4.78, 5) is -0.0151. The number of ether oxygens (including phenoxy) is 3. The molecule has 0 amide bonds. The summed E-state index contributed by atoms with van der Waals surface area (Å²) in [6.45, 7) is 0. The van der Waals surface area contributed by atoms with Gasteiger partial charge in [0.1, 0.15) is 27.9 Å². The Kier molecular flexibility index (Phi) is 5.52. The molecule has 0 saturated carbocycles. The van der Waals surface area contributed by atoms with Crippen LogP contribution in [0.5, 0.6) is 23.0 Å². The van der Waals surface area contributed by atoms with Crippen LogP contribution < -0.4 is 18.9 Å². The molecule has 0 atom stereocenters. The van der Waals surface area contributed by atoms with Crippen LogP contribution in [-0.2, 0) is 10.0 Å². The van der Waals surface area contributed by atoms with Crippen molar-refractivity contribution >= 4 is 15.7 Å². The topological polar surface area (TPSA) is 73.9 Å². The summed E-state index contributed by atoms with van der Waals surface area (Å²) >= 11 is 0. The number of sulfonamides is 1. The zero-order chi connectivity index (χ0) is 19.3. The van der Waals surface area contributed by atoms with Gasteiger partial charge in [0, 0.05) is 12.1 Å². The van der Waals surface area contributed by atoms with Crippen molar-refractivity contribution < 1.29 is 22.6 Å². The molecule has 0 heterocycles. The van der Waals surface area contributed by atoms with Gasteiger partial charge >= 0.3 is 0 Å². The first kappa shape index (κ1) is 18.6. The molecule has 0 bridgehead atoms. The van der Waals surface area contributed by atoms with E-state index in [0.29, 0.717) is 22.9 Å². The molecule has 0 saturated heterocycles. The monoisotopic (exact) mass is 385 g/mol. The van der Waals surface area contributed by atoms with Crippen LogP contribution in [0, 0.1) is 0 Å². The Morgan fingerprint density at radius 3 is 2.19 bits per heavy atom. The van der Waals surface area contributed by atoms with Gasteiger partial charge in [-0.25, -0.2) is 8.42 Å². The van der Waals surface area contributed by atoms with Gasteiger partial charge < -0.3 is 14.2 Å². The minimum atomic E-state index is -3.89. The first-order valence-corrected chi connectivity index (χ1v) is 9.58. The van der Waals surface area contributed by atoms with Gasteiger partial charge in [-0.3, -0.25) is 4.72 Å². The Morgan fingerprint density at radius 1 is 0.741 bits per heavy atom. The molecular formula is C20H19NO5S. The summed E-state index contributed by atoms with van der Waals surface area (Å²) in [6, 6.07) is 20.5. The Hall–Kier alpha value is -3.19. The molecular weight excluding hydrogens is 366 g/mol. The summed E-state index contributed by atoms with van der Waals surface area (Å²) in [5.74, 6) is 1.81. The molecule has 0 spiro atoms. The molecule has 1 N–H and O–H groups in total. The number of anilines is 1. The molecule has 0 radical (unpaired) electrons. The van der Waals surface area contributed by atoms with Crippen LogP contribution in [0.25, 0.3) is 0 Å². The summed E-state index contributed by atoms with van der Waals surface area (Å²) < 4.78 is 44.2. The largest absolute Gasteiger partial charge is 0.497 e. The number of hydrogen-bond acceptors (Lipinski definition) is 5. The van der Waals surface area contributed by atoms with Gasteiger partial charge in [0.25, 0.3) is 10.0 Å². The summed E-state index contributed by atoms with van der Waals surface area (Å²) in [7, 11) is -1.01. The van der Waals surface area contributed by atoms with E-state index in [1.807, 2.05) is 30.3 Å². The summed E-state index contributed by atoms with van der Waals surface area (Å²) in [5, 5.41) is 0. The van der Waals surface area contributed by atoms with E-state index in [1.165, 1.54) is 20.3 Å². The smallest absolute Gasteiger partial charge is 0.265 e. The second-order valence-electron chi connectivity index (χ2n) is 5.57. The lowest BCUT2D eigenvalue weighted by molar-refractivity contribution is 0.392. The summed E-state index contributed by atoms with van der Waals surface area (Å²) in [5.41, 5.74) is 0.369. The predicted octanol–water partition coefficient (Wildman–Crippen LogP) is 4.30. The number of para-hydroxylation sites is 1. The van der Waals surface area contributed by atoms with Crippen LogP contribution in [0.1, 0.15) is 0 Å². The lowest BCUT2D eigenvalue weighted by Crippen LogP contribution is -2.14. The van der Waals surface area contributed by atoms with Gasteiger partial charge in [-0.15, -0.1) is 0 Å². The van der Waals surface area contributed by atoms with Crippen molar-refractivity contribution in [2.24, 2.45) is 0 Å². The number of rotatable bonds is 7. The molecule has 0 aromatic heterocycles. The average molecular weight is 385 g/mol. The van der Waals surface area contributed by atoms with Gasteiger partial charge in [0.2, 0.25) is 0 Å². The van der Waals surface area contributed by atoms with Crippen LogP contribution in [0.4, 0.5) is 5.69 Å². The van der Waals surface area contributed by atoms with E-state index in [9.17, 15) is 8.42 Å². The molecule has 0 aliphatic rings. The van der Waals surface area contributed by atoms with Gasteiger partial charge in [0.05, 0.1) is 19.9 Å².